The van der Waals surface area contributed by atoms with Gasteiger partial charge in [-0.3, -0.25) is 10.1 Å². The average Bonchev–Trinajstić information content (AvgIpc) is 3.09. The van der Waals surface area contributed by atoms with Gasteiger partial charge in [-0.1, -0.05) is 28.8 Å². The number of amides is 1. The number of carbonyl (C=O) groups excluding carboxylic acids is 1. The van der Waals surface area contributed by atoms with Crippen LogP contribution in [0.2, 0.25) is 5.02 Å². The zero-order chi connectivity index (χ0) is 17.6. The van der Waals surface area contributed by atoms with Crippen molar-refractivity contribution in [2.24, 2.45) is 0 Å². The number of anilines is 1. The van der Waals surface area contributed by atoms with E-state index < -0.39 is 5.91 Å². The Hall–Kier alpha value is -2.51. The zero-order valence-electron chi connectivity index (χ0n) is 13.2. The van der Waals surface area contributed by atoms with Crippen molar-refractivity contribution in [1.82, 2.24) is 10.2 Å². The summed E-state index contributed by atoms with van der Waals surface area (Å²) in [5, 5.41) is 10.9. The Labute approximate surface area is 153 Å². The number of carbonyl (C=O) groups is 1. The molecule has 1 N–H and O–H groups in total. The number of hydrogen-bond acceptors (Lipinski definition) is 6. The molecule has 0 saturated carbocycles. The van der Waals surface area contributed by atoms with Crippen LogP contribution in [0.3, 0.4) is 0 Å². The largest absolute Gasteiger partial charge is 0.484 e. The highest BCUT2D eigenvalue weighted by molar-refractivity contribution is 7.98. The van der Waals surface area contributed by atoms with Crippen LogP contribution in [0.1, 0.15) is 0 Å². The maximum atomic E-state index is 11.9. The molecule has 0 fully saturated rings. The van der Waals surface area contributed by atoms with Gasteiger partial charge in [0.05, 0.1) is 5.56 Å². The van der Waals surface area contributed by atoms with E-state index in [0.29, 0.717) is 16.7 Å². The number of nitrogens with one attached hydrogen (secondary N) is 1. The average molecular weight is 376 g/mol. The third kappa shape index (κ3) is 4.52. The number of hydrogen-bond donors (Lipinski definition) is 1. The molecule has 1 heterocycles. The van der Waals surface area contributed by atoms with Gasteiger partial charge in [0.2, 0.25) is 0 Å². The van der Waals surface area contributed by atoms with Crippen molar-refractivity contribution in [3.63, 3.8) is 0 Å². The Kier molecular flexibility index (Phi) is 5.57. The minimum Gasteiger partial charge on any atom is -0.484 e. The van der Waals surface area contributed by atoms with Crippen molar-refractivity contribution in [3.8, 4) is 17.2 Å². The van der Waals surface area contributed by atoms with Crippen molar-refractivity contribution < 1.29 is 13.9 Å². The summed E-state index contributed by atoms with van der Waals surface area (Å²) >= 11 is 7.37. The van der Waals surface area contributed by atoms with Crippen molar-refractivity contribution in [2.75, 3.05) is 18.2 Å². The van der Waals surface area contributed by atoms with Crippen LogP contribution in [0, 0.1) is 0 Å². The van der Waals surface area contributed by atoms with Gasteiger partial charge >= 0.3 is 6.01 Å². The normalized spacial score (nSPS) is 10.5. The molecule has 8 heteroatoms. The van der Waals surface area contributed by atoms with Crippen LogP contribution >= 0.6 is 23.4 Å². The second-order valence-corrected chi connectivity index (χ2v) is 6.19. The van der Waals surface area contributed by atoms with Crippen LogP contribution in [0.5, 0.6) is 5.75 Å². The van der Waals surface area contributed by atoms with Crippen LogP contribution in [0.25, 0.3) is 11.5 Å². The highest BCUT2D eigenvalue weighted by atomic mass is 35.5. The van der Waals surface area contributed by atoms with E-state index in [0.717, 1.165) is 10.5 Å². The van der Waals surface area contributed by atoms with Gasteiger partial charge in [0.25, 0.3) is 11.8 Å². The molecule has 2 aromatic carbocycles. The number of ether oxygens (including phenoxy) is 1. The summed E-state index contributed by atoms with van der Waals surface area (Å²) in [5.41, 5.74) is 0.820. The van der Waals surface area contributed by atoms with Crippen LogP contribution in [0.15, 0.2) is 57.8 Å². The number of aromatic nitrogens is 2. The molecule has 1 aromatic heterocycles. The van der Waals surface area contributed by atoms with E-state index in [9.17, 15) is 4.79 Å². The molecule has 0 unspecified atom stereocenters. The summed E-state index contributed by atoms with van der Waals surface area (Å²) in [6, 6.07) is 14.4. The Morgan fingerprint density at radius 2 is 1.96 bits per heavy atom. The zero-order valence-corrected chi connectivity index (χ0v) is 14.8. The van der Waals surface area contributed by atoms with E-state index in [1.807, 2.05) is 30.5 Å². The minimum atomic E-state index is -0.400. The van der Waals surface area contributed by atoms with Crippen molar-refractivity contribution in [2.45, 2.75) is 4.90 Å². The third-order valence-corrected chi connectivity index (χ3v) is 4.24. The summed E-state index contributed by atoms with van der Waals surface area (Å²) in [5.74, 6) is 0.488. The van der Waals surface area contributed by atoms with Gasteiger partial charge < -0.3 is 9.15 Å². The lowest BCUT2D eigenvalue weighted by molar-refractivity contribution is -0.118. The van der Waals surface area contributed by atoms with Gasteiger partial charge in [-0.25, -0.2) is 0 Å². The predicted molar refractivity (Wildman–Crippen MR) is 97.1 cm³/mol. The highest BCUT2D eigenvalue weighted by Crippen LogP contribution is 2.29. The lowest BCUT2D eigenvalue weighted by Crippen LogP contribution is -2.20. The van der Waals surface area contributed by atoms with Crippen molar-refractivity contribution in [3.05, 3.63) is 53.6 Å². The Morgan fingerprint density at radius 1 is 1.20 bits per heavy atom. The quantitative estimate of drug-likeness (QED) is 0.653. The van der Waals surface area contributed by atoms with Crippen LogP contribution in [0.4, 0.5) is 6.01 Å². The van der Waals surface area contributed by atoms with E-state index in [1.165, 1.54) is 0 Å². The first-order valence-corrected chi connectivity index (χ1v) is 8.91. The topological polar surface area (TPSA) is 77.2 Å². The maximum absolute atomic E-state index is 11.9. The van der Waals surface area contributed by atoms with E-state index in [-0.39, 0.29) is 12.6 Å². The minimum absolute atomic E-state index is 0.0237. The number of benzene rings is 2. The second-order valence-electron chi connectivity index (χ2n) is 4.90. The smallest absolute Gasteiger partial charge is 0.322 e. The molecule has 0 aliphatic heterocycles. The molecule has 0 aliphatic carbocycles. The van der Waals surface area contributed by atoms with Gasteiger partial charge in [0, 0.05) is 9.92 Å². The lowest BCUT2D eigenvalue weighted by Gasteiger charge is -2.05. The predicted octanol–water partition coefficient (Wildman–Crippen LogP) is 4.13. The van der Waals surface area contributed by atoms with E-state index in [2.05, 4.69) is 15.5 Å². The molecule has 0 radical (unpaired) electrons. The van der Waals surface area contributed by atoms with Gasteiger partial charge in [0.15, 0.2) is 6.61 Å². The summed E-state index contributed by atoms with van der Waals surface area (Å²) in [6.45, 7) is -0.180. The van der Waals surface area contributed by atoms with E-state index >= 15 is 0 Å². The van der Waals surface area contributed by atoms with Crippen molar-refractivity contribution in [1.29, 1.82) is 0 Å². The molecule has 3 aromatic rings. The molecule has 0 bridgehead atoms. The first-order valence-electron chi connectivity index (χ1n) is 7.31. The van der Waals surface area contributed by atoms with Gasteiger partial charge in [0.1, 0.15) is 5.75 Å². The van der Waals surface area contributed by atoms with Crippen LogP contribution in [-0.2, 0) is 4.79 Å². The summed E-state index contributed by atoms with van der Waals surface area (Å²) in [7, 11) is 0. The molecule has 6 nitrogen and oxygen atoms in total. The Balaban J connectivity index is 1.61. The first kappa shape index (κ1) is 17.3. The van der Waals surface area contributed by atoms with Gasteiger partial charge in [-0.15, -0.1) is 16.9 Å². The summed E-state index contributed by atoms with van der Waals surface area (Å²) < 4.78 is 10.9. The number of nitrogens with zero attached hydrogens (tertiary/aromatic N) is 2. The lowest BCUT2D eigenvalue weighted by atomic mass is 10.2. The number of halogens is 1. The fourth-order valence-electron chi connectivity index (χ4n) is 2.04. The van der Waals surface area contributed by atoms with Crippen LogP contribution < -0.4 is 10.1 Å². The fraction of sp³-hybridized carbons (Fsp3) is 0.118. The molecular weight excluding hydrogens is 362 g/mol. The maximum Gasteiger partial charge on any atom is 0.322 e. The Bertz CT molecular complexity index is 868. The highest BCUT2D eigenvalue weighted by Gasteiger charge is 2.14. The molecular formula is C17H14ClN3O3S. The summed E-state index contributed by atoms with van der Waals surface area (Å²) in [6.07, 6.45) is 1.96. The van der Waals surface area contributed by atoms with Crippen LogP contribution in [-0.4, -0.2) is 29.0 Å². The third-order valence-electron chi connectivity index (χ3n) is 3.19. The van der Waals surface area contributed by atoms with E-state index in [1.54, 1.807) is 36.0 Å². The molecule has 3 rings (SSSR count). The fourth-order valence-corrected chi connectivity index (χ4v) is 2.75. The van der Waals surface area contributed by atoms with Gasteiger partial charge in [-0.05, 0) is 42.7 Å². The molecule has 128 valence electrons. The monoisotopic (exact) mass is 375 g/mol. The van der Waals surface area contributed by atoms with E-state index in [4.69, 9.17) is 20.8 Å². The molecule has 0 saturated heterocycles. The molecule has 0 spiro atoms. The first-order chi connectivity index (χ1) is 12.2. The number of thioether (sulfide) groups is 1. The molecule has 0 atom stereocenters. The van der Waals surface area contributed by atoms with Gasteiger partial charge in [-0.2, -0.15) is 0 Å². The molecule has 25 heavy (non-hydrogen) atoms. The summed E-state index contributed by atoms with van der Waals surface area (Å²) in [4.78, 5) is 12.9. The van der Waals surface area contributed by atoms with Crippen molar-refractivity contribution >= 4 is 35.3 Å². The second kappa shape index (κ2) is 8.04. The molecule has 0 aliphatic rings. The standard InChI is InChI=1S/C17H14ClN3O3S/c1-25-14-5-3-2-4-13(14)16-20-21-17(24-16)19-15(22)10-23-12-8-6-11(18)7-9-12/h2-9H,10H2,1H3,(H,19,21,22). The number of rotatable bonds is 6. The Morgan fingerprint density at radius 3 is 2.72 bits per heavy atom. The SMILES string of the molecule is CSc1ccccc1-c1nnc(NC(=O)COc2ccc(Cl)cc2)o1. The molecule has 1 amide bonds.